The van der Waals surface area contributed by atoms with Crippen molar-refractivity contribution in [2.24, 2.45) is 0 Å². The Morgan fingerprint density at radius 2 is 1.83 bits per heavy atom. The highest BCUT2D eigenvalue weighted by atomic mass is 19.4. The van der Waals surface area contributed by atoms with Crippen LogP contribution in [-0.4, -0.2) is 41.9 Å². The van der Waals surface area contributed by atoms with E-state index in [0.717, 1.165) is 38.1 Å². The summed E-state index contributed by atoms with van der Waals surface area (Å²) in [4.78, 5) is 16.3. The molecule has 3 nitrogen and oxygen atoms in total. The van der Waals surface area contributed by atoms with Crippen molar-refractivity contribution in [1.29, 1.82) is 0 Å². The zero-order chi connectivity index (χ0) is 17.7. The number of alkyl halides is 3. The number of rotatable bonds is 4. The van der Waals surface area contributed by atoms with E-state index in [1.165, 1.54) is 23.8 Å². The molecule has 24 heavy (non-hydrogen) atoms. The maximum absolute atomic E-state index is 12.8. The predicted octanol–water partition coefficient (Wildman–Crippen LogP) is 3.93. The smallest absolute Gasteiger partial charge is 0.340 e. The second kappa shape index (κ2) is 8.01. The van der Waals surface area contributed by atoms with Gasteiger partial charge in [-0.05, 0) is 50.6 Å². The molecule has 134 valence electrons. The van der Waals surface area contributed by atoms with E-state index in [4.69, 9.17) is 0 Å². The van der Waals surface area contributed by atoms with Gasteiger partial charge in [0.2, 0.25) is 5.91 Å². The summed E-state index contributed by atoms with van der Waals surface area (Å²) >= 11 is 0. The fourth-order valence-corrected chi connectivity index (χ4v) is 3.16. The van der Waals surface area contributed by atoms with E-state index < -0.39 is 11.7 Å². The first-order chi connectivity index (χ1) is 11.3. The van der Waals surface area contributed by atoms with Crippen LogP contribution in [0.4, 0.5) is 13.2 Å². The van der Waals surface area contributed by atoms with Crippen LogP contribution in [0.1, 0.15) is 43.7 Å². The monoisotopic (exact) mass is 342 g/mol. The van der Waals surface area contributed by atoms with E-state index in [0.29, 0.717) is 5.56 Å². The Morgan fingerprint density at radius 3 is 2.42 bits per heavy atom. The Labute approximate surface area is 141 Å². The van der Waals surface area contributed by atoms with Crippen LogP contribution in [-0.2, 0) is 17.5 Å². The topological polar surface area (TPSA) is 23.6 Å². The van der Waals surface area contributed by atoms with Crippen molar-refractivity contribution in [3.8, 4) is 0 Å². The lowest BCUT2D eigenvalue weighted by Crippen LogP contribution is -2.46. The summed E-state index contributed by atoms with van der Waals surface area (Å²) in [7, 11) is 1.65. The molecule has 0 bridgehead atoms. The third kappa shape index (κ3) is 4.97. The highest BCUT2D eigenvalue weighted by Gasteiger charge is 2.30. The summed E-state index contributed by atoms with van der Waals surface area (Å²) in [6, 6.07) is 4.93. The molecular formula is C18H25F3N2O. The van der Waals surface area contributed by atoms with Gasteiger partial charge in [0.05, 0.1) is 11.6 Å². The van der Waals surface area contributed by atoms with E-state index in [1.54, 1.807) is 13.1 Å². The maximum Gasteiger partial charge on any atom is 0.416 e. The quantitative estimate of drug-likeness (QED) is 0.828. The van der Waals surface area contributed by atoms with Crippen molar-refractivity contribution >= 4 is 5.91 Å². The lowest BCUT2D eigenvalue weighted by molar-refractivity contribution is -0.137. The lowest BCUT2D eigenvalue weighted by atomic mass is 10.1. The number of carbonyl (C=O) groups excluding carboxylic acids is 1. The Hall–Kier alpha value is -1.56. The highest BCUT2D eigenvalue weighted by molar-refractivity contribution is 5.81. The van der Waals surface area contributed by atoms with Gasteiger partial charge in [-0.25, -0.2) is 0 Å². The highest BCUT2D eigenvalue weighted by Crippen LogP contribution is 2.29. The molecule has 6 heteroatoms. The average molecular weight is 342 g/mol. The van der Waals surface area contributed by atoms with Crippen LogP contribution < -0.4 is 0 Å². The first-order valence-electron chi connectivity index (χ1n) is 8.44. The Kier molecular flexibility index (Phi) is 6.27. The fourth-order valence-electron chi connectivity index (χ4n) is 3.16. The summed E-state index contributed by atoms with van der Waals surface area (Å²) in [5.74, 6) is -0.0469. The van der Waals surface area contributed by atoms with Crippen LogP contribution in [0.25, 0.3) is 0 Å². The van der Waals surface area contributed by atoms with Gasteiger partial charge in [-0.2, -0.15) is 13.2 Å². The normalized spacial score (nSPS) is 18.0. The number of nitrogens with zero attached hydrogens (tertiary/aromatic N) is 2. The van der Waals surface area contributed by atoms with Crippen molar-refractivity contribution in [2.75, 3.05) is 20.1 Å². The molecule has 1 aliphatic rings. The number of likely N-dealkylation sites (tertiary alicyclic amines) is 1. The van der Waals surface area contributed by atoms with Crippen LogP contribution in [0.5, 0.6) is 0 Å². The minimum absolute atomic E-state index is 0.0469. The molecule has 1 aromatic carbocycles. The van der Waals surface area contributed by atoms with Crippen molar-refractivity contribution in [3.05, 3.63) is 35.4 Å². The molecule has 1 fully saturated rings. The average Bonchev–Trinajstić information content (AvgIpc) is 2.82. The standard InChI is InChI=1S/C18H25F3N2O/c1-14(23-10-5-3-4-6-11-23)17(24)22(2)13-15-8-7-9-16(12-15)18(19,20)21/h7-9,12,14H,3-6,10-11,13H2,1-2H3. The van der Waals surface area contributed by atoms with Crippen molar-refractivity contribution in [2.45, 2.75) is 51.4 Å². The Bertz CT molecular complexity index is 551. The number of carbonyl (C=O) groups is 1. The SMILES string of the molecule is CC(C(=O)N(C)Cc1cccc(C(F)(F)F)c1)N1CCCCCC1. The first kappa shape index (κ1) is 18.8. The minimum Gasteiger partial charge on any atom is -0.340 e. The summed E-state index contributed by atoms with van der Waals surface area (Å²) < 4.78 is 38.4. The molecule has 0 radical (unpaired) electrons. The Balaban J connectivity index is 2.00. The molecule has 1 heterocycles. The van der Waals surface area contributed by atoms with E-state index in [-0.39, 0.29) is 18.5 Å². The predicted molar refractivity (Wildman–Crippen MR) is 87.4 cm³/mol. The summed E-state index contributed by atoms with van der Waals surface area (Å²) in [5.41, 5.74) is -0.190. The second-order valence-corrected chi connectivity index (χ2v) is 6.52. The number of amides is 1. The summed E-state index contributed by atoms with van der Waals surface area (Å²) in [6.45, 7) is 3.88. The number of hydrogen-bond donors (Lipinski definition) is 0. The zero-order valence-electron chi connectivity index (χ0n) is 14.3. The van der Waals surface area contributed by atoms with E-state index >= 15 is 0 Å². The van der Waals surface area contributed by atoms with Crippen LogP contribution in [0, 0.1) is 0 Å². The molecule has 1 saturated heterocycles. The largest absolute Gasteiger partial charge is 0.416 e. The van der Waals surface area contributed by atoms with Gasteiger partial charge in [0.15, 0.2) is 0 Å². The van der Waals surface area contributed by atoms with Crippen molar-refractivity contribution in [3.63, 3.8) is 0 Å². The molecule has 0 N–H and O–H groups in total. The van der Waals surface area contributed by atoms with E-state index in [1.807, 2.05) is 6.92 Å². The van der Waals surface area contributed by atoms with Gasteiger partial charge in [0.25, 0.3) is 0 Å². The molecule has 1 aliphatic heterocycles. The number of benzene rings is 1. The number of hydrogen-bond acceptors (Lipinski definition) is 2. The summed E-state index contributed by atoms with van der Waals surface area (Å²) in [5, 5.41) is 0. The van der Waals surface area contributed by atoms with Crippen molar-refractivity contribution in [1.82, 2.24) is 9.80 Å². The zero-order valence-corrected chi connectivity index (χ0v) is 14.3. The van der Waals surface area contributed by atoms with Gasteiger partial charge in [0, 0.05) is 13.6 Å². The molecule has 2 rings (SSSR count). The number of likely N-dealkylation sites (N-methyl/N-ethyl adjacent to an activating group) is 1. The molecule has 0 aromatic heterocycles. The maximum atomic E-state index is 12.8. The van der Waals surface area contributed by atoms with Crippen LogP contribution in [0.3, 0.4) is 0 Å². The fraction of sp³-hybridized carbons (Fsp3) is 0.611. The molecule has 1 atom stereocenters. The third-order valence-electron chi connectivity index (χ3n) is 4.60. The summed E-state index contributed by atoms with van der Waals surface area (Å²) in [6.07, 6.45) is 0.205. The molecule has 0 spiro atoms. The molecule has 0 aliphatic carbocycles. The van der Waals surface area contributed by atoms with Gasteiger partial charge in [-0.15, -0.1) is 0 Å². The Morgan fingerprint density at radius 1 is 1.21 bits per heavy atom. The molecule has 1 unspecified atom stereocenters. The number of halogens is 3. The van der Waals surface area contributed by atoms with Crippen LogP contribution in [0.15, 0.2) is 24.3 Å². The van der Waals surface area contributed by atoms with E-state index in [2.05, 4.69) is 4.90 Å². The van der Waals surface area contributed by atoms with E-state index in [9.17, 15) is 18.0 Å². The van der Waals surface area contributed by atoms with Gasteiger partial charge in [-0.1, -0.05) is 25.0 Å². The third-order valence-corrected chi connectivity index (χ3v) is 4.60. The molecule has 1 aromatic rings. The molecule has 1 amide bonds. The van der Waals surface area contributed by atoms with Gasteiger partial charge < -0.3 is 4.90 Å². The van der Waals surface area contributed by atoms with Gasteiger partial charge in [-0.3, -0.25) is 9.69 Å². The lowest BCUT2D eigenvalue weighted by Gasteiger charge is -2.30. The van der Waals surface area contributed by atoms with Crippen molar-refractivity contribution < 1.29 is 18.0 Å². The molecule has 0 saturated carbocycles. The second-order valence-electron chi connectivity index (χ2n) is 6.52. The molecular weight excluding hydrogens is 317 g/mol. The van der Waals surface area contributed by atoms with Gasteiger partial charge >= 0.3 is 6.18 Å². The van der Waals surface area contributed by atoms with Gasteiger partial charge in [0.1, 0.15) is 0 Å². The van der Waals surface area contributed by atoms with Crippen LogP contribution >= 0.6 is 0 Å². The minimum atomic E-state index is -4.36. The first-order valence-corrected chi connectivity index (χ1v) is 8.44. The van der Waals surface area contributed by atoms with Crippen LogP contribution in [0.2, 0.25) is 0 Å².